The van der Waals surface area contributed by atoms with Crippen molar-refractivity contribution in [1.29, 1.82) is 0 Å². The molecular weight excluding hydrogens is 508 g/mol. The minimum atomic E-state index is -0.254. The number of aliphatic imine (C=N–C) groups is 1. The van der Waals surface area contributed by atoms with Gasteiger partial charge in [-0.2, -0.15) is 4.98 Å². The van der Waals surface area contributed by atoms with E-state index >= 15 is 0 Å². The number of hydrogen-bond donors (Lipinski definition) is 2. The molecule has 0 saturated heterocycles. The summed E-state index contributed by atoms with van der Waals surface area (Å²) in [6, 6.07) is 13.6. The molecule has 6 nitrogen and oxygen atoms in total. The molecule has 0 aliphatic heterocycles. The van der Waals surface area contributed by atoms with Crippen molar-refractivity contribution in [1.82, 2.24) is 20.8 Å². The summed E-state index contributed by atoms with van der Waals surface area (Å²) in [5.74, 6) is 1.48. The van der Waals surface area contributed by atoms with Crippen molar-refractivity contribution in [3.8, 4) is 11.4 Å². The largest absolute Gasteiger partial charge is 0.357 e. The van der Waals surface area contributed by atoms with E-state index in [2.05, 4.69) is 25.8 Å². The predicted octanol–water partition coefficient (Wildman–Crippen LogP) is 4.44. The first-order valence-corrected chi connectivity index (χ1v) is 9.37. The zero-order valence-corrected chi connectivity index (χ0v) is 18.9. The first-order valence-electron chi connectivity index (χ1n) is 8.99. The second-order valence-corrected chi connectivity index (χ2v) is 6.45. The number of aromatic nitrogens is 2. The standard InChI is InChI=1S/C20H21ClFN5O.HI/c1-2-23-20(25-13-14-3-9-17(22)10-4-14)24-12-11-18-26-19(27-28-18)15-5-7-16(21)8-6-15;/h3-10H,2,11-13H2,1H3,(H2,23,24,25);1H. The second kappa shape index (κ2) is 11.7. The van der Waals surface area contributed by atoms with Crippen LogP contribution in [-0.4, -0.2) is 29.2 Å². The van der Waals surface area contributed by atoms with Gasteiger partial charge in [-0.25, -0.2) is 9.38 Å². The Bertz CT molecular complexity index is 915. The van der Waals surface area contributed by atoms with Crippen LogP contribution in [0.5, 0.6) is 0 Å². The van der Waals surface area contributed by atoms with Crippen molar-refractivity contribution < 1.29 is 8.91 Å². The Morgan fingerprint density at radius 1 is 1.10 bits per heavy atom. The van der Waals surface area contributed by atoms with E-state index in [1.807, 2.05) is 19.1 Å². The molecule has 0 aliphatic rings. The summed E-state index contributed by atoms with van der Waals surface area (Å²) in [4.78, 5) is 8.90. The van der Waals surface area contributed by atoms with Crippen molar-refractivity contribution in [2.45, 2.75) is 19.9 Å². The molecule has 9 heteroatoms. The van der Waals surface area contributed by atoms with Crippen LogP contribution in [0.1, 0.15) is 18.4 Å². The van der Waals surface area contributed by atoms with E-state index < -0.39 is 0 Å². The molecule has 29 heavy (non-hydrogen) atoms. The molecule has 0 radical (unpaired) electrons. The Morgan fingerprint density at radius 3 is 2.52 bits per heavy atom. The molecule has 3 rings (SSSR count). The van der Waals surface area contributed by atoms with Gasteiger partial charge in [-0.3, -0.25) is 0 Å². The Labute approximate surface area is 191 Å². The molecule has 0 unspecified atom stereocenters. The number of rotatable bonds is 7. The highest BCUT2D eigenvalue weighted by molar-refractivity contribution is 14.0. The molecule has 2 N–H and O–H groups in total. The van der Waals surface area contributed by atoms with Crippen LogP contribution in [0.2, 0.25) is 5.02 Å². The minimum absolute atomic E-state index is 0. The highest BCUT2D eigenvalue weighted by atomic mass is 127. The topological polar surface area (TPSA) is 75.3 Å². The average molecular weight is 530 g/mol. The maximum Gasteiger partial charge on any atom is 0.228 e. The molecule has 0 aliphatic carbocycles. The zero-order chi connectivity index (χ0) is 19.8. The van der Waals surface area contributed by atoms with Gasteiger partial charge < -0.3 is 15.2 Å². The van der Waals surface area contributed by atoms with Gasteiger partial charge in [0.1, 0.15) is 5.82 Å². The third-order valence-electron chi connectivity index (χ3n) is 3.88. The fourth-order valence-corrected chi connectivity index (χ4v) is 2.59. The third-order valence-corrected chi connectivity index (χ3v) is 4.13. The second-order valence-electron chi connectivity index (χ2n) is 6.02. The molecule has 0 saturated carbocycles. The lowest BCUT2D eigenvalue weighted by atomic mass is 10.2. The lowest BCUT2D eigenvalue weighted by Gasteiger charge is -2.10. The molecule has 0 bridgehead atoms. The van der Waals surface area contributed by atoms with Gasteiger partial charge in [0.15, 0.2) is 5.96 Å². The van der Waals surface area contributed by atoms with E-state index in [-0.39, 0.29) is 29.8 Å². The SMILES string of the molecule is CCNC(=NCc1ccc(F)cc1)NCCc1nc(-c2ccc(Cl)cc2)no1.I. The van der Waals surface area contributed by atoms with Gasteiger partial charge >= 0.3 is 0 Å². The van der Waals surface area contributed by atoms with Crippen LogP contribution in [0, 0.1) is 5.82 Å². The number of nitrogens with one attached hydrogen (secondary N) is 2. The molecule has 1 aromatic heterocycles. The van der Waals surface area contributed by atoms with Crippen molar-refractivity contribution >= 4 is 41.5 Å². The van der Waals surface area contributed by atoms with Gasteiger partial charge in [0.05, 0.1) is 6.54 Å². The average Bonchev–Trinajstić information content (AvgIpc) is 3.17. The van der Waals surface area contributed by atoms with Crippen molar-refractivity contribution in [3.05, 3.63) is 70.8 Å². The number of hydrogen-bond acceptors (Lipinski definition) is 4. The fraction of sp³-hybridized carbons (Fsp3) is 0.250. The molecule has 0 spiro atoms. The normalized spacial score (nSPS) is 11.1. The molecule has 3 aromatic rings. The lowest BCUT2D eigenvalue weighted by Crippen LogP contribution is -2.38. The van der Waals surface area contributed by atoms with Gasteiger partial charge in [-0.15, -0.1) is 24.0 Å². The van der Waals surface area contributed by atoms with Crippen LogP contribution in [0.4, 0.5) is 4.39 Å². The third kappa shape index (κ3) is 7.28. The van der Waals surface area contributed by atoms with E-state index in [0.717, 1.165) is 17.7 Å². The number of halogens is 3. The molecule has 0 fully saturated rings. The maximum atomic E-state index is 13.0. The van der Waals surface area contributed by atoms with Crippen LogP contribution >= 0.6 is 35.6 Å². The van der Waals surface area contributed by atoms with Crippen LogP contribution < -0.4 is 10.6 Å². The van der Waals surface area contributed by atoms with Gasteiger partial charge in [-0.05, 0) is 48.9 Å². The van der Waals surface area contributed by atoms with E-state index in [0.29, 0.717) is 42.2 Å². The first kappa shape index (κ1) is 23.1. The summed E-state index contributed by atoms with van der Waals surface area (Å²) in [6.45, 7) is 3.76. The van der Waals surface area contributed by atoms with Crippen LogP contribution in [-0.2, 0) is 13.0 Å². The number of benzene rings is 2. The maximum absolute atomic E-state index is 13.0. The summed E-state index contributed by atoms with van der Waals surface area (Å²) in [7, 11) is 0. The highest BCUT2D eigenvalue weighted by Gasteiger charge is 2.08. The summed E-state index contributed by atoms with van der Waals surface area (Å²) >= 11 is 5.89. The molecule has 0 atom stereocenters. The summed E-state index contributed by atoms with van der Waals surface area (Å²) < 4.78 is 18.3. The summed E-state index contributed by atoms with van der Waals surface area (Å²) in [5.41, 5.74) is 1.78. The van der Waals surface area contributed by atoms with E-state index in [1.54, 1.807) is 24.3 Å². The smallest absolute Gasteiger partial charge is 0.228 e. The highest BCUT2D eigenvalue weighted by Crippen LogP contribution is 2.18. The van der Waals surface area contributed by atoms with Gasteiger partial charge in [0, 0.05) is 30.1 Å². The Balaban J connectivity index is 0.00000300. The number of guanidine groups is 1. The quantitative estimate of drug-likeness (QED) is 0.269. The molecule has 154 valence electrons. The molecule has 2 aromatic carbocycles. The number of nitrogens with zero attached hydrogens (tertiary/aromatic N) is 3. The summed E-state index contributed by atoms with van der Waals surface area (Å²) in [6.07, 6.45) is 0.557. The molecular formula is C20H22ClFIN5O. The Morgan fingerprint density at radius 2 is 1.83 bits per heavy atom. The minimum Gasteiger partial charge on any atom is -0.357 e. The zero-order valence-electron chi connectivity index (χ0n) is 15.9. The van der Waals surface area contributed by atoms with Crippen LogP contribution in [0.3, 0.4) is 0 Å². The van der Waals surface area contributed by atoms with Crippen LogP contribution in [0.15, 0.2) is 58.0 Å². The van der Waals surface area contributed by atoms with Crippen molar-refractivity contribution in [3.63, 3.8) is 0 Å². The van der Waals surface area contributed by atoms with E-state index in [9.17, 15) is 4.39 Å². The van der Waals surface area contributed by atoms with Gasteiger partial charge in [-0.1, -0.05) is 28.9 Å². The van der Waals surface area contributed by atoms with Crippen molar-refractivity contribution in [2.75, 3.05) is 13.1 Å². The van der Waals surface area contributed by atoms with E-state index in [1.165, 1.54) is 12.1 Å². The van der Waals surface area contributed by atoms with Gasteiger partial charge in [0.2, 0.25) is 11.7 Å². The lowest BCUT2D eigenvalue weighted by molar-refractivity contribution is 0.378. The predicted molar refractivity (Wildman–Crippen MR) is 123 cm³/mol. The van der Waals surface area contributed by atoms with E-state index in [4.69, 9.17) is 16.1 Å². The Kier molecular flexibility index (Phi) is 9.33. The summed E-state index contributed by atoms with van der Waals surface area (Å²) in [5, 5.41) is 11.1. The first-order chi connectivity index (χ1) is 13.6. The monoisotopic (exact) mass is 529 g/mol. The van der Waals surface area contributed by atoms with Gasteiger partial charge in [0.25, 0.3) is 0 Å². The Hall–Kier alpha value is -2.20. The molecule has 1 heterocycles. The molecule has 0 amide bonds. The fourth-order valence-electron chi connectivity index (χ4n) is 2.46. The van der Waals surface area contributed by atoms with Crippen LogP contribution in [0.25, 0.3) is 11.4 Å². The van der Waals surface area contributed by atoms with Crippen molar-refractivity contribution in [2.24, 2.45) is 4.99 Å².